The molecule has 4 heterocycles. The number of hydrogen-bond donors (Lipinski definition) is 1. The molecule has 1 aromatic heterocycles. The standard InChI is InChI=1S/C20H29N3O5S/c1-29(25,26)22-16-4-3-11-23-17(16)12-27-15-8-6-14(7-9-15)20-18(5-2-10-21-20)28-13-19(23)24/h2,5,10,14-17,22H,3-4,6-9,11-13H2,1H3/t14?,15?,16?,17-/m0/s1. The van der Waals surface area contributed by atoms with Gasteiger partial charge in [0.1, 0.15) is 5.75 Å². The molecule has 1 saturated carbocycles. The minimum Gasteiger partial charge on any atom is -0.482 e. The van der Waals surface area contributed by atoms with Gasteiger partial charge in [0, 0.05) is 24.7 Å². The van der Waals surface area contributed by atoms with Crippen LogP contribution in [0.3, 0.4) is 0 Å². The Morgan fingerprint density at radius 1 is 1.21 bits per heavy atom. The van der Waals surface area contributed by atoms with Gasteiger partial charge in [-0.2, -0.15) is 0 Å². The lowest BCUT2D eigenvalue weighted by Gasteiger charge is -2.41. The molecule has 29 heavy (non-hydrogen) atoms. The van der Waals surface area contributed by atoms with Gasteiger partial charge in [0.25, 0.3) is 5.91 Å². The zero-order chi connectivity index (χ0) is 20.4. The molecule has 0 spiro atoms. The molecule has 5 rings (SSSR count). The molecule has 0 radical (unpaired) electrons. The number of ether oxygens (including phenoxy) is 2. The van der Waals surface area contributed by atoms with E-state index < -0.39 is 10.0 Å². The van der Waals surface area contributed by atoms with E-state index in [1.54, 1.807) is 11.1 Å². The van der Waals surface area contributed by atoms with Gasteiger partial charge < -0.3 is 14.4 Å². The quantitative estimate of drug-likeness (QED) is 0.773. The summed E-state index contributed by atoms with van der Waals surface area (Å²) < 4.78 is 38.5. The monoisotopic (exact) mass is 423 g/mol. The van der Waals surface area contributed by atoms with Crippen LogP contribution in [0.1, 0.15) is 50.1 Å². The normalized spacial score (nSPS) is 30.9. The second kappa shape index (κ2) is 8.57. The lowest BCUT2D eigenvalue weighted by molar-refractivity contribution is -0.140. The number of hydrogen-bond acceptors (Lipinski definition) is 6. The summed E-state index contributed by atoms with van der Waals surface area (Å²) >= 11 is 0. The molecule has 8 nitrogen and oxygen atoms in total. The summed E-state index contributed by atoms with van der Waals surface area (Å²) in [5, 5.41) is 0. The Hall–Kier alpha value is -1.71. The highest BCUT2D eigenvalue weighted by Crippen LogP contribution is 2.37. The van der Waals surface area contributed by atoms with Crippen molar-refractivity contribution in [3.05, 3.63) is 24.0 Å². The highest BCUT2D eigenvalue weighted by atomic mass is 32.2. The number of nitrogens with zero attached hydrogens (tertiary/aromatic N) is 2. The summed E-state index contributed by atoms with van der Waals surface area (Å²) in [7, 11) is -3.38. The fourth-order valence-corrected chi connectivity index (χ4v) is 5.60. The average Bonchev–Trinajstić information content (AvgIpc) is 2.71. The number of sulfonamides is 1. The van der Waals surface area contributed by atoms with E-state index >= 15 is 0 Å². The fourth-order valence-electron chi connectivity index (χ4n) is 4.78. The van der Waals surface area contributed by atoms with Crippen LogP contribution in [0.2, 0.25) is 0 Å². The molecular weight excluding hydrogens is 394 g/mol. The topological polar surface area (TPSA) is 97.8 Å². The van der Waals surface area contributed by atoms with Gasteiger partial charge in [-0.15, -0.1) is 0 Å². The van der Waals surface area contributed by atoms with Crippen LogP contribution in [0.15, 0.2) is 18.3 Å². The predicted octanol–water partition coefficient (Wildman–Crippen LogP) is 1.43. The average molecular weight is 424 g/mol. The molecule has 160 valence electrons. The fraction of sp³-hybridized carbons (Fsp3) is 0.700. The number of aromatic nitrogens is 1. The Morgan fingerprint density at radius 2 is 2.00 bits per heavy atom. The van der Waals surface area contributed by atoms with Crippen molar-refractivity contribution in [2.24, 2.45) is 0 Å². The first-order chi connectivity index (χ1) is 13.9. The van der Waals surface area contributed by atoms with Gasteiger partial charge in [0.2, 0.25) is 10.0 Å². The Bertz CT molecular complexity index is 838. The Morgan fingerprint density at radius 3 is 2.76 bits per heavy atom. The van der Waals surface area contributed by atoms with E-state index in [2.05, 4.69) is 9.71 Å². The van der Waals surface area contributed by atoms with Gasteiger partial charge in [-0.1, -0.05) is 0 Å². The van der Waals surface area contributed by atoms with E-state index in [1.165, 1.54) is 0 Å². The summed E-state index contributed by atoms with van der Waals surface area (Å²) in [6.45, 7) is 0.821. The molecule has 3 aliphatic heterocycles. The van der Waals surface area contributed by atoms with Gasteiger partial charge in [0.05, 0.1) is 30.7 Å². The van der Waals surface area contributed by atoms with Crippen LogP contribution < -0.4 is 9.46 Å². The molecule has 1 aliphatic carbocycles. The van der Waals surface area contributed by atoms with Crippen LogP contribution in [-0.4, -0.2) is 68.4 Å². The van der Waals surface area contributed by atoms with E-state index in [0.29, 0.717) is 31.2 Å². The number of amides is 1. The number of piperidine rings is 1. The lowest BCUT2D eigenvalue weighted by atomic mass is 9.84. The summed E-state index contributed by atoms with van der Waals surface area (Å²) in [4.78, 5) is 19.3. The van der Waals surface area contributed by atoms with Gasteiger partial charge in [0.15, 0.2) is 6.61 Å². The van der Waals surface area contributed by atoms with Crippen molar-refractivity contribution in [2.45, 2.75) is 62.6 Å². The molecule has 2 fully saturated rings. The SMILES string of the molecule is CS(=O)(=O)NC1CCCN2C(=O)COc3cccnc3C3CCC(CC3)OC[C@@H]12. The Kier molecular flexibility index (Phi) is 6.08. The maximum Gasteiger partial charge on any atom is 0.260 e. The maximum atomic E-state index is 13.0. The highest BCUT2D eigenvalue weighted by molar-refractivity contribution is 7.88. The summed E-state index contributed by atoms with van der Waals surface area (Å²) in [5.41, 5.74) is 0.921. The van der Waals surface area contributed by atoms with Gasteiger partial charge in [-0.25, -0.2) is 13.1 Å². The third-order valence-corrected chi connectivity index (χ3v) is 6.91. The van der Waals surface area contributed by atoms with Crippen molar-refractivity contribution in [3.63, 3.8) is 0 Å². The number of fused-ring (bicyclic) bond motifs is 5. The molecular formula is C20H29N3O5S. The van der Waals surface area contributed by atoms with E-state index in [0.717, 1.165) is 44.1 Å². The molecule has 9 heteroatoms. The van der Waals surface area contributed by atoms with Crippen LogP contribution in [0, 0.1) is 0 Å². The first kappa shape index (κ1) is 20.6. The number of pyridine rings is 1. The van der Waals surface area contributed by atoms with E-state index in [9.17, 15) is 13.2 Å². The van der Waals surface area contributed by atoms with Crippen molar-refractivity contribution >= 4 is 15.9 Å². The van der Waals surface area contributed by atoms with Crippen LogP contribution in [-0.2, 0) is 19.6 Å². The van der Waals surface area contributed by atoms with Crippen LogP contribution in [0.25, 0.3) is 0 Å². The van der Waals surface area contributed by atoms with E-state index in [4.69, 9.17) is 9.47 Å². The lowest BCUT2D eigenvalue weighted by Crippen LogP contribution is -2.59. The minimum atomic E-state index is -3.38. The second-order valence-electron chi connectivity index (χ2n) is 8.28. The minimum absolute atomic E-state index is 0.0864. The van der Waals surface area contributed by atoms with Crippen LogP contribution in [0.4, 0.5) is 0 Å². The highest BCUT2D eigenvalue weighted by Gasteiger charge is 2.37. The molecule has 1 saturated heterocycles. The third kappa shape index (κ3) is 4.90. The summed E-state index contributed by atoms with van der Waals surface area (Å²) in [6, 6.07) is 3.02. The molecule has 1 amide bonds. The molecule has 4 aliphatic rings. The first-order valence-corrected chi connectivity index (χ1v) is 12.3. The zero-order valence-corrected chi connectivity index (χ0v) is 17.6. The second-order valence-corrected chi connectivity index (χ2v) is 10.1. The third-order valence-electron chi connectivity index (χ3n) is 6.18. The van der Waals surface area contributed by atoms with Gasteiger partial charge >= 0.3 is 0 Å². The summed E-state index contributed by atoms with van der Waals surface area (Å²) in [6.07, 6.45) is 8.24. The van der Waals surface area contributed by atoms with Crippen molar-refractivity contribution in [1.82, 2.24) is 14.6 Å². The maximum absolute atomic E-state index is 13.0. The molecule has 1 unspecified atom stereocenters. The Labute approximate surface area is 172 Å². The van der Waals surface area contributed by atoms with E-state index in [1.807, 2.05) is 12.1 Å². The molecule has 1 N–H and O–H groups in total. The van der Waals surface area contributed by atoms with Gasteiger partial charge in [-0.3, -0.25) is 9.78 Å². The van der Waals surface area contributed by atoms with Gasteiger partial charge in [-0.05, 0) is 50.7 Å². The van der Waals surface area contributed by atoms with Crippen LogP contribution >= 0.6 is 0 Å². The predicted molar refractivity (Wildman–Crippen MR) is 107 cm³/mol. The molecule has 1 aromatic rings. The number of carbonyl (C=O) groups is 1. The van der Waals surface area contributed by atoms with Crippen molar-refractivity contribution < 1.29 is 22.7 Å². The summed E-state index contributed by atoms with van der Waals surface area (Å²) in [5.74, 6) is 0.827. The largest absolute Gasteiger partial charge is 0.482 e. The van der Waals surface area contributed by atoms with Crippen molar-refractivity contribution in [1.29, 1.82) is 0 Å². The number of carbonyl (C=O) groups excluding carboxylic acids is 1. The number of nitrogens with one attached hydrogen (secondary N) is 1. The first-order valence-electron chi connectivity index (χ1n) is 10.4. The smallest absolute Gasteiger partial charge is 0.260 e. The van der Waals surface area contributed by atoms with Crippen molar-refractivity contribution in [3.8, 4) is 5.75 Å². The zero-order valence-electron chi connectivity index (χ0n) is 16.7. The number of rotatable bonds is 2. The molecule has 2 bridgehead atoms. The Balaban J connectivity index is 1.61. The van der Waals surface area contributed by atoms with Crippen LogP contribution in [0.5, 0.6) is 5.75 Å². The molecule has 2 atom stereocenters. The van der Waals surface area contributed by atoms with E-state index in [-0.39, 0.29) is 30.7 Å². The van der Waals surface area contributed by atoms with Crippen molar-refractivity contribution in [2.75, 3.05) is 26.0 Å². The molecule has 0 aromatic carbocycles.